The molecule has 9 heteroatoms. The minimum absolute atomic E-state index is 0.0177. The van der Waals surface area contributed by atoms with Crippen LogP contribution in [0.1, 0.15) is 28.8 Å². The van der Waals surface area contributed by atoms with Gasteiger partial charge in [0.1, 0.15) is 18.1 Å². The van der Waals surface area contributed by atoms with Crippen LogP contribution in [0.2, 0.25) is 0 Å². The topological polar surface area (TPSA) is 107 Å². The van der Waals surface area contributed by atoms with Gasteiger partial charge < -0.3 is 23.9 Å². The Morgan fingerprint density at radius 1 is 1.23 bits per heavy atom. The number of rotatable bonds is 8. The van der Waals surface area contributed by atoms with Gasteiger partial charge in [0.25, 0.3) is 5.91 Å². The number of nitrogens with one attached hydrogen (secondary N) is 1. The highest BCUT2D eigenvalue weighted by atomic mass is 16.5. The molecule has 0 bridgehead atoms. The molecule has 0 spiro atoms. The SMILES string of the molecule is C#CCOc1ccc(C=C2NC(=O)N(Cc3ccc(C(=O)OC)o3)C2=O)cc1OCC. The number of methoxy groups -OCH3 is 1. The van der Waals surface area contributed by atoms with E-state index in [2.05, 4.69) is 16.0 Å². The molecular weight excluding hydrogens is 404 g/mol. The molecule has 1 aromatic heterocycles. The Labute approximate surface area is 178 Å². The Bertz CT molecular complexity index is 1080. The van der Waals surface area contributed by atoms with Crippen molar-refractivity contribution < 1.29 is 33.0 Å². The van der Waals surface area contributed by atoms with Gasteiger partial charge in [0.15, 0.2) is 11.5 Å². The normalized spacial score (nSPS) is 14.4. The van der Waals surface area contributed by atoms with E-state index in [1.165, 1.54) is 25.3 Å². The molecule has 1 aliphatic rings. The fraction of sp³-hybridized carbons (Fsp3) is 0.227. The first kappa shape index (κ1) is 21.5. The zero-order valence-corrected chi connectivity index (χ0v) is 17.0. The summed E-state index contributed by atoms with van der Waals surface area (Å²) in [5, 5.41) is 2.53. The zero-order chi connectivity index (χ0) is 22.4. The molecule has 3 amide bonds. The standard InChI is InChI=1S/C22H20N2O7/c1-4-10-30-17-8-6-14(12-19(17)29-5-2)11-16-20(25)24(22(27)23-16)13-15-7-9-18(31-15)21(26)28-3/h1,6-9,11-12H,5,10,13H2,2-3H3,(H,23,27). The van der Waals surface area contributed by atoms with E-state index in [0.29, 0.717) is 23.7 Å². The molecule has 2 aromatic rings. The van der Waals surface area contributed by atoms with Crippen LogP contribution in [-0.4, -0.2) is 43.1 Å². The average molecular weight is 424 g/mol. The summed E-state index contributed by atoms with van der Waals surface area (Å²) in [4.78, 5) is 37.5. The van der Waals surface area contributed by atoms with Gasteiger partial charge in [-0.2, -0.15) is 0 Å². The van der Waals surface area contributed by atoms with Gasteiger partial charge in [0, 0.05) is 0 Å². The Morgan fingerprint density at radius 2 is 2.03 bits per heavy atom. The van der Waals surface area contributed by atoms with Crippen LogP contribution in [0.3, 0.4) is 0 Å². The van der Waals surface area contributed by atoms with Crippen LogP contribution < -0.4 is 14.8 Å². The fourth-order valence-electron chi connectivity index (χ4n) is 2.83. The van der Waals surface area contributed by atoms with Crippen LogP contribution in [0, 0.1) is 12.3 Å². The van der Waals surface area contributed by atoms with Gasteiger partial charge in [-0.3, -0.25) is 9.69 Å². The molecule has 1 fully saturated rings. The Kier molecular flexibility index (Phi) is 6.62. The van der Waals surface area contributed by atoms with Crippen molar-refractivity contribution in [3.8, 4) is 23.8 Å². The van der Waals surface area contributed by atoms with Crippen LogP contribution in [0.25, 0.3) is 6.08 Å². The van der Waals surface area contributed by atoms with E-state index in [4.69, 9.17) is 20.3 Å². The van der Waals surface area contributed by atoms with E-state index in [-0.39, 0.29) is 30.4 Å². The van der Waals surface area contributed by atoms with E-state index in [1.54, 1.807) is 18.2 Å². The van der Waals surface area contributed by atoms with Crippen molar-refractivity contribution in [2.24, 2.45) is 0 Å². The fourth-order valence-corrected chi connectivity index (χ4v) is 2.83. The number of amides is 3. The first-order chi connectivity index (χ1) is 15.0. The van der Waals surface area contributed by atoms with E-state index in [9.17, 15) is 14.4 Å². The van der Waals surface area contributed by atoms with Crippen molar-refractivity contribution in [2.75, 3.05) is 20.3 Å². The summed E-state index contributed by atoms with van der Waals surface area (Å²) in [5.74, 6) is 2.39. The summed E-state index contributed by atoms with van der Waals surface area (Å²) in [5.41, 5.74) is 0.706. The first-order valence-corrected chi connectivity index (χ1v) is 9.31. The summed E-state index contributed by atoms with van der Waals surface area (Å²) in [6.07, 6.45) is 6.75. The van der Waals surface area contributed by atoms with Crippen molar-refractivity contribution >= 4 is 24.0 Å². The molecule has 0 aliphatic carbocycles. The van der Waals surface area contributed by atoms with Gasteiger partial charge in [-0.05, 0) is 42.8 Å². The molecule has 31 heavy (non-hydrogen) atoms. The lowest BCUT2D eigenvalue weighted by atomic mass is 10.1. The van der Waals surface area contributed by atoms with Crippen molar-refractivity contribution in [2.45, 2.75) is 13.5 Å². The van der Waals surface area contributed by atoms with Crippen molar-refractivity contribution in [1.29, 1.82) is 0 Å². The van der Waals surface area contributed by atoms with Gasteiger partial charge in [0.05, 0.1) is 20.3 Å². The molecule has 1 N–H and O–H groups in total. The number of benzene rings is 1. The summed E-state index contributed by atoms with van der Waals surface area (Å²) in [6.45, 7) is 2.19. The minimum atomic E-state index is -0.649. The van der Waals surface area contributed by atoms with Crippen LogP contribution >= 0.6 is 0 Å². The molecule has 9 nitrogen and oxygen atoms in total. The van der Waals surface area contributed by atoms with Crippen molar-refractivity contribution in [3.63, 3.8) is 0 Å². The van der Waals surface area contributed by atoms with Gasteiger partial charge in [-0.25, -0.2) is 9.59 Å². The maximum absolute atomic E-state index is 12.7. The Balaban J connectivity index is 1.78. The number of furan rings is 1. The number of hydrogen-bond donors (Lipinski definition) is 1. The zero-order valence-electron chi connectivity index (χ0n) is 17.0. The molecule has 1 aliphatic heterocycles. The number of carbonyl (C=O) groups excluding carboxylic acids is 3. The first-order valence-electron chi connectivity index (χ1n) is 9.31. The molecular formula is C22H20N2O7. The smallest absolute Gasteiger partial charge is 0.373 e. The molecule has 0 saturated carbocycles. The number of carbonyl (C=O) groups is 3. The highest BCUT2D eigenvalue weighted by Gasteiger charge is 2.34. The maximum atomic E-state index is 12.7. The third-order valence-electron chi connectivity index (χ3n) is 4.21. The maximum Gasteiger partial charge on any atom is 0.373 e. The lowest BCUT2D eigenvalue weighted by molar-refractivity contribution is -0.123. The molecule has 0 unspecified atom stereocenters. The number of urea groups is 1. The highest BCUT2D eigenvalue weighted by molar-refractivity contribution is 6.13. The summed E-state index contributed by atoms with van der Waals surface area (Å²) in [7, 11) is 1.23. The van der Waals surface area contributed by atoms with Crippen molar-refractivity contribution in [1.82, 2.24) is 10.2 Å². The van der Waals surface area contributed by atoms with E-state index < -0.39 is 17.9 Å². The monoisotopic (exact) mass is 424 g/mol. The van der Waals surface area contributed by atoms with Gasteiger partial charge in [0.2, 0.25) is 5.76 Å². The third kappa shape index (κ3) is 4.87. The number of terminal acetylenes is 1. The van der Waals surface area contributed by atoms with Gasteiger partial charge in [-0.1, -0.05) is 12.0 Å². The number of hydrogen-bond acceptors (Lipinski definition) is 7. The molecule has 3 rings (SSSR count). The second-order valence-electron chi connectivity index (χ2n) is 6.27. The average Bonchev–Trinajstić information content (AvgIpc) is 3.33. The molecule has 1 saturated heterocycles. The third-order valence-corrected chi connectivity index (χ3v) is 4.21. The second-order valence-corrected chi connectivity index (χ2v) is 6.27. The summed E-state index contributed by atoms with van der Waals surface area (Å²) < 4.78 is 20.9. The molecule has 2 heterocycles. The van der Waals surface area contributed by atoms with Crippen LogP contribution in [-0.2, 0) is 16.1 Å². The molecule has 0 radical (unpaired) electrons. The predicted octanol–water partition coefficient (Wildman–Crippen LogP) is 2.57. The molecule has 0 atom stereocenters. The van der Waals surface area contributed by atoms with Crippen LogP contribution in [0.5, 0.6) is 11.5 Å². The lowest BCUT2D eigenvalue weighted by Crippen LogP contribution is -2.30. The minimum Gasteiger partial charge on any atom is -0.490 e. The van der Waals surface area contributed by atoms with E-state index in [0.717, 1.165) is 4.90 Å². The van der Waals surface area contributed by atoms with Crippen LogP contribution in [0.15, 0.2) is 40.4 Å². The largest absolute Gasteiger partial charge is 0.490 e. The Hall–Kier alpha value is -4.19. The molecule has 1 aromatic carbocycles. The lowest BCUT2D eigenvalue weighted by Gasteiger charge is -2.11. The number of esters is 1. The van der Waals surface area contributed by atoms with Crippen molar-refractivity contribution in [3.05, 3.63) is 53.1 Å². The number of ether oxygens (including phenoxy) is 3. The van der Waals surface area contributed by atoms with Crippen LogP contribution in [0.4, 0.5) is 4.79 Å². The van der Waals surface area contributed by atoms with E-state index >= 15 is 0 Å². The number of nitrogens with zero attached hydrogens (tertiary/aromatic N) is 1. The van der Waals surface area contributed by atoms with E-state index in [1.807, 2.05) is 6.92 Å². The number of imide groups is 1. The molecule has 160 valence electrons. The van der Waals surface area contributed by atoms with Gasteiger partial charge >= 0.3 is 12.0 Å². The Morgan fingerprint density at radius 3 is 2.74 bits per heavy atom. The summed E-state index contributed by atoms with van der Waals surface area (Å²) >= 11 is 0. The van der Waals surface area contributed by atoms with Gasteiger partial charge in [-0.15, -0.1) is 6.42 Å². The second kappa shape index (κ2) is 9.54. The predicted molar refractivity (Wildman–Crippen MR) is 109 cm³/mol. The quantitative estimate of drug-likeness (QED) is 0.300. The highest BCUT2D eigenvalue weighted by Crippen LogP contribution is 2.30. The summed E-state index contributed by atoms with van der Waals surface area (Å²) in [6, 6.07) is 7.36.